The lowest BCUT2D eigenvalue weighted by Gasteiger charge is -2.36. The summed E-state index contributed by atoms with van der Waals surface area (Å²) < 4.78 is 0. The Balaban J connectivity index is 1.88. The van der Waals surface area contributed by atoms with Gasteiger partial charge in [-0.15, -0.1) is 0 Å². The zero-order valence-electron chi connectivity index (χ0n) is 15.5. The van der Waals surface area contributed by atoms with E-state index in [1.807, 2.05) is 12.2 Å². The summed E-state index contributed by atoms with van der Waals surface area (Å²) in [5, 5.41) is 0. The molecule has 2 aliphatic heterocycles. The number of allylic oxidation sites excluding steroid dienone is 3. The van der Waals surface area contributed by atoms with Crippen molar-refractivity contribution in [2.75, 3.05) is 39.3 Å². The Labute approximate surface area is 161 Å². The van der Waals surface area contributed by atoms with Crippen molar-refractivity contribution >= 4 is 23.3 Å². The summed E-state index contributed by atoms with van der Waals surface area (Å²) in [6, 6.07) is 8.39. The molecule has 0 unspecified atom stereocenters. The second kappa shape index (κ2) is 9.21. The number of hydrogen-bond acceptors (Lipinski definition) is 5. The van der Waals surface area contributed by atoms with Crippen LogP contribution in [0.2, 0.25) is 0 Å². The number of aliphatic imine (C=N–C) groups is 1. The molecule has 4 nitrogen and oxygen atoms in total. The van der Waals surface area contributed by atoms with Crippen molar-refractivity contribution in [1.82, 2.24) is 9.80 Å². The quantitative estimate of drug-likeness (QED) is 0.803. The van der Waals surface area contributed by atoms with Crippen LogP contribution in [0.25, 0.3) is 0 Å². The number of rotatable bonds is 5. The Morgan fingerprint density at radius 2 is 2.00 bits per heavy atom. The van der Waals surface area contributed by atoms with Crippen molar-refractivity contribution in [3.63, 3.8) is 0 Å². The number of benzene rings is 1. The van der Waals surface area contributed by atoms with Gasteiger partial charge in [0.1, 0.15) is 5.84 Å². The van der Waals surface area contributed by atoms with E-state index in [1.165, 1.54) is 15.4 Å². The van der Waals surface area contributed by atoms with Crippen LogP contribution in [0.3, 0.4) is 0 Å². The van der Waals surface area contributed by atoms with Crippen LogP contribution in [0.5, 0.6) is 0 Å². The number of amidine groups is 1. The highest BCUT2D eigenvalue weighted by Crippen LogP contribution is 2.39. The molecule has 3 rings (SSSR count). The summed E-state index contributed by atoms with van der Waals surface area (Å²) in [7, 11) is 0. The molecule has 1 saturated heterocycles. The summed E-state index contributed by atoms with van der Waals surface area (Å²) >= 11 is 1.80. The predicted molar refractivity (Wildman–Crippen MR) is 113 cm³/mol. The van der Waals surface area contributed by atoms with Gasteiger partial charge in [-0.1, -0.05) is 48.7 Å². The largest absolute Gasteiger partial charge is 0.354 e. The molecule has 0 aromatic heterocycles. The fourth-order valence-electron chi connectivity index (χ4n) is 3.28. The maximum Gasteiger partial charge on any atom is 0.137 e. The summed E-state index contributed by atoms with van der Waals surface area (Å²) in [4.78, 5) is 12.5. The molecule has 0 radical (unpaired) electrons. The van der Waals surface area contributed by atoms with Crippen LogP contribution < -0.4 is 5.73 Å². The molecule has 1 aromatic carbocycles. The zero-order chi connectivity index (χ0) is 18.4. The maximum atomic E-state index is 5.65. The van der Waals surface area contributed by atoms with Gasteiger partial charge in [-0.2, -0.15) is 0 Å². The van der Waals surface area contributed by atoms with Gasteiger partial charge in [0.2, 0.25) is 0 Å². The molecule has 138 valence electrons. The number of thioether (sulfide) groups is 1. The van der Waals surface area contributed by atoms with Gasteiger partial charge in [0.15, 0.2) is 0 Å². The minimum absolute atomic E-state index is 0.763. The molecule has 2 heterocycles. The van der Waals surface area contributed by atoms with E-state index in [1.54, 1.807) is 11.8 Å². The van der Waals surface area contributed by atoms with Gasteiger partial charge >= 0.3 is 0 Å². The van der Waals surface area contributed by atoms with Gasteiger partial charge in [0, 0.05) is 36.6 Å². The van der Waals surface area contributed by atoms with Crippen LogP contribution in [-0.2, 0) is 0 Å². The summed E-state index contributed by atoms with van der Waals surface area (Å²) in [6.45, 7) is 12.0. The van der Waals surface area contributed by atoms with Crippen LogP contribution >= 0.6 is 11.8 Å². The van der Waals surface area contributed by atoms with Gasteiger partial charge in [0.25, 0.3) is 0 Å². The lowest BCUT2D eigenvalue weighted by atomic mass is 10.1. The van der Waals surface area contributed by atoms with Crippen molar-refractivity contribution in [3.8, 4) is 0 Å². The topological polar surface area (TPSA) is 44.9 Å². The van der Waals surface area contributed by atoms with Gasteiger partial charge in [-0.05, 0) is 43.5 Å². The molecule has 0 amide bonds. The summed E-state index contributed by atoms with van der Waals surface area (Å²) in [5.41, 5.74) is 7.90. The van der Waals surface area contributed by atoms with Crippen LogP contribution in [0, 0.1) is 0 Å². The molecular formula is C21H28N4S. The molecule has 5 heteroatoms. The fourth-order valence-corrected chi connectivity index (χ4v) is 4.25. The maximum absolute atomic E-state index is 5.65. The monoisotopic (exact) mass is 368 g/mol. The van der Waals surface area contributed by atoms with Crippen LogP contribution in [0.4, 0.5) is 5.69 Å². The third-order valence-corrected chi connectivity index (χ3v) is 5.82. The van der Waals surface area contributed by atoms with E-state index in [2.05, 4.69) is 53.6 Å². The van der Waals surface area contributed by atoms with E-state index in [-0.39, 0.29) is 0 Å². The first kappa shape index (κ1) is 19.0. The molecule has 1 fully saturated rings. The van der Waals surface area contributed by atoms with Gasteiger partial charge in [0.05, 0.1) is 5.69 Å². The molecular weight excluding hydrogens is 340 g/mol. The average Bonchev–Trinajstić information content (AvgIpc) is 2.81. The first-order valence-corrected chi connectivity index (χ1v) is 10.1. The highest BCUT2D eigenvalue weighted by molar-refractivity contribution is 8.03. The van der Waals surface area contributed by atoms with Crippen molar-refractivity contribution < 1.29 is 0 Å². The third kappa shape index (κ3) is 4.47. The van der Waals surface area contributed by atoms with Crippen molar-refractivity contribution in [2.45, 2.75) is 18.2 Å². The molecule has 0 saturated carbocycles. The second-order valence-corrected chi connectivity index (χ2v) is 7.80. The van der Waals surface area contributed by atoms with Crippen LogP contribution in [0.15, 0.2) is 69.4 Å². The molecule has 0 bridgehead atoms. The number of nitrogens with two attached hydrogens (primary N) is 1. The molecule has 2 N–H and O–H groups in total. The number of piperazine rings is 1. The normalized spacial score (nSPS) is 18.7. The van der Waals surface area contributed by atoms with E-state index in [4.69, 9.17) is 10.7 Å². The fraction of sp³-hybridized carbons (Fsp3) is 0.381. The Kier molecular flexibility index (Phi) is 6.72. The molecule has 0 atom stereocenters. The van der Waals surface area contributed by atoms with E-state index in [0.29, 0.717) is 0 Å². The molecule has 0 aliphatic carbocycles. The first-order chi connectivity index (χ1) is 12.7. The Morgan fingerprint density at radius 3 is 2.73 bits per heavy atom. The SMILES string of the molecule is C=C/C=C\C1=C(C)Sc2ccccc2N=C1N1CCN(CCCN)CC1. The molecule has 2 aliphatic rings. The predicted octanol–water partition coefficient (Wildman–Crippen LogP) is 3.80. The summed E-state index contributed by atoms with van der Waals surface area (Å²) in [6.07, 6.45) is 7.03. The highest BCUT2D eigenvalue weighted by Gasteiger charge is 2.24. The molecule has 26 heavy (non-hydrogen) atoms. The van der Waals surface area contributed by atoms with Crippen molar-refractivity contribution in [2.24, 2.45) is 10.7 Å². The van der Waals surface area contributed by atoms with Gasteiger partial charge < -0.3 is 10.6 Å². The number of fused-ring (bicyclic) bond motifs is 1. The van der Waals surface area contributed by atoms with Gasteiger partial charge in [-0.3, -0.25) is 4.90 Å². The smallest absolute Gasteiger partial charge is 0.137 e. The summed E-state index contributed by atoms with van der Waals surface area (Å²) in [5.74, 6) is 1.08. The Hall–Kier alpha value is -1.82. The first-order valence-electron chi connectivity index (χ1n) is 9.26. The number of nitrogens with zero attached hydrogens (tertiary/aromatic N) is 3. The van der Waals surface area contributed by atoms with Crippen LogP contribution in [0.1, 0.15) is 13.3 Å². The highest BCUT2D eigenvalue weighted by atomic mass is 32.2. The van der Waals surface area contributed by atoms with E-state index in [0.717, 1.165) is 57.2 Å². The second-order valence-electron chi connectivity index (χ2n) is 6.54. The Bertz CT molecular complexity index is 727. The van der Waals surface area contributed by atoms with E-state index in [9.17, 15) is 0 Å². The number of hydrogen-bond donors (Lipinski definition) is 1. The average molecular weight is 369 g/mol. The standard InChI is InChI=1S/C21H28N4S/c1-3-4-8-18-17(2)26-20-10-6-5-9-19(20)23-21(18)25-15-13-24(14-16-25)12-7-11-22/h3-6,8-10H,1,7,11-16,22H2,2H3/b8-4-. The van der Waals surface area contributed by atoms with E-state index < -0.39 is 0 Å². The van der Waals surface area contributed by atoms with E-state index >= 15 is 0 Å². The minimum atomic E-state index is 0.763. The van der Waals surface area contributed by atoms with Crippen molar-refractivity contribution in [3.05, 3.63) is 59.6 Å². The minimum Gasteiger partial charge on any atom is -0.354 e. The van der Waals surface area contributed by atoms with Gasteiger partial charge in [-0.25, -0.2) is 4.99 Å². The number of para-hydroxylation sites is 1. The third-order valence-electron chi connectivity index (χ3n) is 4.72. The lowest BCUT2D eigenvalue weighted by Crippen LogP contribution is -2.49. The lowest BCUT2D eigenvalue weighted by molar-refractivity contribution is 0.181. The van der Waals surface area contributed by atoms with Crippen LogP contribution in [-0.4, -0.2) is 54.9 Å². The Morgan fingerprint density at radius 1 is 1.23 bits per heavy atom. The molecule has 0 spiro atoms. The molecule has 1 aromatic rings. The van der Waals surface area contributed by atoms with Crippen molar-refractivity contribution in [1.29, 1.82) is 0 Å². The zero-order valence-corrected chi connectivity index (χ0v) is 16.3.